The maximum atomic E-state index is 8.81. The quantitative estimate of drug-likeness (QED) is 0.368. The number of pyridine rings is 1. The van der Waals surface area contributed by atoms with Gasteiger partial charge in [-0.15, -0.1) is 0 Å². The Labute approximate surface area is 190 Å². The van der Waals surface area contributed by atoms with Gasteiger partial charge in [0.05, 0.1) is 23.6 Å². The summed E-state index contributed by atoms with van der Waals surface area (Å²) >= 11 is 0. The number of nitrogens with zero attached hydrogens (tertiary/aromatic N) is 7. The summed E-state index contributed by atoms with van der Waals surface area (Å²) < 4.78 is 1.87. The van der Waals surface area contributed by atoms with Crippen LogP contribution in [0.2, 0.25) is 0 Å². The predicted octanol–water partition coefficient (Wildman–Crippen LogP) is 4.03. The Hall–Kier alpha value is -4.14. The first kappa shape index (κ1) is 19.5. The smallest absolute Gasteiger partial charge is 0.237 e. The largest absolute Gasteiger partial charge is 0.342 e. The van der Waals surface area contributed by atoms with Crippen LogP contribution in [0.25, 0.3) is 28.2 Å². The second kappa shape index (κ2) is 7.19. The second-order valence-corrected chi connectivity index (χ2v) is 8.40. The highest BCUT2D eigenvalue weighted by Gasteiger charge is 2.50. The van der Waals surface area contributed by atoms with E-state index in [1.54, 1.807) is 17.3 Å². The SMILES string of the molecule is CCC12CCCN1c1nc(-n3ccnc3-c3cnc4ccccc4c3)ncc1N(C=N)C2=N. The molecule has 1 unspecified atom stereocenters. The fraction of sp³-hybridized carbons (Fsp3) is 0.250. The lowest BCUT2D eigenvalue weighted by Gasteiger charge is -2.47. The molecule has 6 rings (SSSR count). The van der Waals surface area contributed by atoms with Crippen LogP contribution in [0.3, 0.4) is 0 Å². The van der Waals surface area contributed by atoms with Crippen LogP contribution >= 0.6 is 0 Å². The third-order valence-corrected chi connectivity index (χ3v) is 6.84. The van der Waals surface area contributed by atoms with Crippen LogP contribution in [0.5, 0.6) is 0 Å². The van der Waals surface area contributed by atoms with Gasteiger partial charge in [-0.05, 0) is 31.4 Å². The Morgan fingerprint density at radius 3 is 2.88 bits per heavy atom. The monoisotopic (exact) mass is 437 g/mol. The number of para-hydroxylation sites is 1. The van der Waals surface area contributed by atoms with Crippen LogP contribution in [0.15, 0.2) is 55.1 Å². The zero-order valence-corrected chi connectivity index (χ0v) is 18.2. The number of hydrogen-bond donors (Lipinski definition) is 2. The Balaban J connectivity index is 1.49. The molecular weight excluding hydrogens is 414 g/mol. The van der Waals surface area contributed by atoms with E-state index in [0.717, 1.165) is 48.1 Å². The van der Waals surface area contributed by atoms with Crippen LogP contribution in [0.1, 0.15) is 26.2 Å². The summed E-state index contributed by atoms with van der Waals surface area (Å²) in [6.45, 7) is 2.93. The third-order valence-electron chi connectivity index (χ3n) is 6.84. The van der Waals surface area contributed by atoms with Gasteiger partial charge in [0.1, 0.15) is 17.3 Å². The molecule has 9 nitrogen and oxygen atoms in total. The van der Waals surface area contributed by atoms with Gasteiger partial charge in [0, 0.05) is 36.1 Å². The third kappa shape index (κ3) is 2.71. The van der Waals surface area contributed by atoms with Crippen molar-refractivity contribution in [3.63, 3.8) is 0 Å². The van der Waals surface area contributed by atoms with Crippen molar-refractivity contribution in [2.24, 2.45) is 0 Å². The summed E-state index contributed by atoms with van der Waals surface area (Å²) in [4.78, 5) is 22.5. The lowest BCUT2D eigenvalue weighted by Crippen LogP contribution is -2.60. The fourth-order valence-electron chi connectivity index (χ4n) is 5.16. The molecule has 5 heterocycles. The number of aromatic nitrogens is 5. The van der Waals surface area contributed by atoms with Gasteiger partial charge in [-0.2, -0.15) is 4.98 Å². The van der Waals surface area contributed by atoms with Crippen LogP contribution in [-0.4, -0.2) is 48.8 Å². The fourth-order valence-corrected chi connectivity index (χ4v) is 5.16. The Morgan fingerprint density at radius 2 is 2.03 bits per heavy atom. The molecule has 0 amide bonds. The van der Waals surface area contributed by atoms with Crippen LogP contribution in [-0.2, 0) is 0 Å². The highest BCUT2D eigenvalue weighted by Crippen LogP contribution is 2.46. The Kier molecular flexibility index (Phi) is 4.26. The summed E-state index contributed by atoms with van der Waals surface area (Å²) in [5, 5.41) is 17.8. The summed E-state index contributed by atoms with van der Waals surface area (Å²) in [6, 6.07) is 10.1. The van der Waals surface area contributed by atoms with Gasteiger partial charge in [0.15, 0.2) is 5.82 Å². The molecule has 1 fully saturated rings. The van der Waals surface area contributed by atoms with E-state index >= 15 is 0 Å². The van der Waals surface area contributed by atoms with E-state index in [1.807, 2.05) is 41.2 Å². The minimum Gasteiger partial charge on any atom is -0.342 e. The van der Waals surface area contributed by atoms with Gasteiger partial charge in [-0.25, -0.2) is 9.97 Å². The van der Waals surface area contributed by atoms with Crippen molar-refractivity contribution in [1.82, 2.24) is 24.5 Å². The van der Waals surface area contributed by atoms with Gasteiger partial charge >= 0.3 is 0 Å². The zero-order valence-electron chi connectivity index (χ0n) is 18.2. The van der Waals surface area contributed by atoms with Crippen molar-refractivity contribution >= 4 is 34.6 Å². The molecule has 0 radical (unpaired) electrons. The number of imidazole rings is 1. The van der Waals surface area contributed by atoms with E-state index in [2.05, 4.69) is 32.8 Å². The average molecular weight is 438 g/mol. The standard InChI is InChI=1S/C24H23N9/c1-2-24-8-5-10-33(24)21-19(32(15-25)22(24)26)14-29-23(30-21)31-11-9-27-20(31)17-12-16-6-3-4-7-18(16)28-13-17/h3-4,6-7,9,11-15,25-26H,2,5,8,10H2,1H3. The number of anilines is 2. The molecule has 1 saturated heterocycles. The molecule has 2 N–H and O–H groups in total. The average Bonchev–Trinajstić information content (AvgIpc) is 3.52. The lowest BCUT2D eigenvalue weighted by atomic mass is 9.88. The normalized spacial score (nSPS) is 19.6. The molecule has 0 aliphatic carbocycles. The number of benzene rings is 1. The highest BCUT2D eigenvalue weighted by molar-refractivity contribution is 6.18. The summed E-state index contributed by atoms with van der Waals surface area (Å²) in [5.41, 5.74) is 2.05. The van der Waals surface area contributed by atoms with Gasteiger partial charge in [-0.1, -0.05) is 25.1 Å². The molecule has 1 aromatic carbocycles. The van der Waals surface area contributed by atoms with E-state index < -0.39 is 5.54 Å². The molecule has 3 aromatic heterocycles. The number of nitrogens with one attached hydrogen (secondary N) is 2. The van der Waals surface area contributed by atoms with Gasteiger partial charge in [0.2, 0.25) is 5.95 Å². The molecule has 2 aliphatic heterocycles. The van der Waals surface area contributed by atoms with E-state index in [4.69, 9.17) is 15.8 Å². The summed E-state index contributed by atoms with van der Waals surface area (Å²) in [6.07, 6.45) is 11.0. The van der Waals surface area contributed by atoms with Crippen molar-refractivity contribution in [2.75, 3.05) is 16.3 Å². The van der Waals surface area contributed by atoms with E-state index in [0.29, 0.717) is 23.3 Å². The maximum absolute atomic E-state index is 8.81. The van der Waals surface area contributed by atoms with E-state index in [9.17, 15) is 0 Å². The molecule has 0 bridgehead atoms. The molecule has 164 valence electrons. The van der Waals surface area contributed by atoms with Crippen LogP contribution in [0.4, 0.5) is 11.5 Å². The predicted molar refractivity (Wildman–Crippen MR) is 128 cm³/mol. The Bertz CT molecular complexity index is 1410. The summed E-state index contributed by atoms with van der Waals surface area (Å²) in [7, 11) is 0. The van der Waals surface area contributed by atoms with Gasteiger partial charge < -0.3 is 4.90 Å². The van der Waals surface area contributed by atoms with Crippen LogP contribution in [0, 0.1) is 10.8 Å². The number of amidine groups is 1. The molecule has 9 heteroatoms. The number of hydrogen-bond acceptors (Lipinski definition) is 7. The van der Waals surface area contributed by atoms with Crippen LogP contribution < -0.4 is 9.80 Å². The molecule has 0 spiro atoms. The molecule has 33 heavy (non-hydrogen) atoms. The van der Waals surface area contributed by atoms with Gasteiger partial charge in [0.25, 0.3) is 0 Å². The molecule has 4 aromatic rings. The van der Waals surface area contributed by atoms with Crippen molar-refractivity contribution < 1.29 is 0 Å². The zero-order chi connectivity index (χ0) is 22.6. The maximum Gasteiger partial charge on any atom is 0.237 e. The first-order valence-corrected chi connectivity index (χ1v) is 11.1. The second-order valence-electron chi connectivity index (χ2n) is 8.40. The molecule has 0 saturated carbocycles. The minimum absolute atomic E-state index is 0.423. The number of rotatable bonds is 4. The first-order valence-electron chi connectivity index (χ1n) is 11.1. The molecule has 1 atom stereocenters. The van der Waals surface area contributed by atoms with Crippen molar-refractivity contribution in [3.8, 4) is 17.3 Å². The highest BCUT2D eigenvalue weighted by atomic mass is 15.4. The van der Waals surface area contributed by atoms with Crippen molar-refractivity contribution in [3.05, 3.63) is 55.1 Å². The number of fused-ring (bicyclic) bond motifs is 4. The van der Waals surface area contributed by atoms with E-state index in [-0.39, 0.29) is 0 Å². The summed E-state index contributed by atoms with van der Waals surface area (Å²) in [5.74, 6) is 2.40. The topological polar surface area (TPSA) is 111 Å². The molecular formula is C24H23N9. The first-order chi connectivity index (χ1) is 16.2. The molecule has 2 aliphatic rings. The van der Waals surface area contributed by atoms with Crippen molar-refractivity contribution in [1.29, 1.82) is 10.8 Å². The Morgan fingerprint density at radius 1 is 1.15 bits per heavy atom. The van der Waals surface area contributed by atoms with E-state index in [1.165, 1.54) is 6.34 Å². The van der Waals surface area contributed by atoms with Crippen molar-refractivity contribution in [2.45, 2.75) is 31.7 Å². The minimum atomic E-state index is -0.434. The lowest BCUT2D eigenvalue weighted by molar-refractivity contribution is 0.525. The van der Waals surface area contributed by atoms with Gasteiger partial charge in [-0.3, -0.25) is 25.3 Å².